The van der Waals surface area contributed by atoms with Gasteiger partial charge in [0.1, 0.15) is 18.4 Å². The SMILES string of the molecule is C[C@H](NP(=O)(Oc1ccc(Cl)cc1[N+](=O)[O-])Oc1cccc2ccccc12)C(=O)OCc1ccccc1. The lowest BCUT2D eigenvalue weighted by molar-refractivity contribution is -0.385. The highest BCUT2D eigenvalue weighted by Crippen LogP contribution is 2.49. The van der Waals surface area contributed by atoms with Crippen LogP contribution in [-0.2, 0) is 20.7 Å². The Hall–Kier alpha value is -3.91. The van der Waals surface area contributed by atoms with Gasteiger partial charge in [0.15, 0.2) is 0 Å². The molecule has 4 aromatic carbocycles. The van der Waals surface area contributed by atoms with E-state index in [0.717, 1.165) is 17.0 Å². The molecular weight excluding hydrogens is 519 g/mol. The van der Waals surface area contributed by atoms with Gasteiger partial charge >= 0.3 is 19.4 Å². The predicted octanol–water partition coefficient (Wildman–Crippen LogP) is 6.69. The maximum absolute atomic E-state index is 14.0. The van der Waals surface area contributed by atoms with Crippen molar-refractivity contribution >= 4 is 41.8 Å². The fourth-order valence-electron chi connectivity index (χ4n) is 3.46. The zero-order valence-electron chi connectivity index (χ0n) is 19.6. The number of nitrogens with one attached hydrogen (secondary N) is 1. The summed E-state index contributed by atoms with van der Waals surface area (Å²) in [6.45, 7) is 1.43. The van der Waals surface area contributed by atoms with Gasteiger partial charge in [0, 0.05) is 16.5 Å². The van der Waals surface area contributed by atoms with Crippen LogP contribution in [0.1, 0.15) is 12.5 Å². The van der Waals surface area contributed by atoms with E-state index >= 15 is 0 Å². The Morgan fingerprint density at radius 3 is 2.41 bits per heavy atom. The van der Waals surface area contributed by atoms with E-state index in [9.17, 15) is 19.5 Å². The van der Waals surface area contributed by atoms with Crippen molar-refractivity contribution in [1.82, 2.24) is 5.09 Å². The van der Waals surface area contributed by atoms with E-state index in [2.05, 4.69) is 5.09 Å². The molecule has 190 valence electrons. The number of carbonyl (C=O) groups excluding carboxylic acids is 1. The summed E-state index contributed by atoms with van der Waals surface area (Å²) >= 11 is 5.90. The van der Waals surface area contributed by atoms with Crippen LogP contribution in [0.2, 0.25) is 5.02 Å². The summed E-state index contributed by atoms with van der Waals surface area (Å²) in [6.07, 6.45) is 0. The minimum Gasteiger partial charge on any atom is -0.460 e. The first-order valence-corrected chi connectivity index (χ1v) is 13.1. The number of hydrogen-bond acceptors (Lipinski definition) is 7. The number of ether oxygens (including phenoxy) is 1. The summed E-state index contributed by atoms with van der Waals surface area (Å²) in [4.78, 5) is 23.6. The molecule has 4 rings (SSSR count). The van der Waals surface area contributed by atoms with Crippen LogP contribution in [0.5, 0.6) is 11.5 Å². The van der Waals surface area contributed by atoms with E-state index in [4.69, 9.17) is 25.4 Å². The topological polar surface area (TPSA) is 117 Å². The number of esters is 1. The average Bonchev–Trinajstić information content (AvgIpc) is 2.89. The van der Waals surface area contributed by atoms with Crippen LogP contribution in [-0.4, -0.2) is 16.9 Å². The highest BCUT2D eigenvalue weighted by molar-refractivity contribution is 7.52. The van der Waals surface area contributed by atoms with Crippen molar-refractivity contribution in [3.8, 4) is 11.5 Å². The Morgan fingerprint density at radius 1 is 0.973 bits per heavy atom. The molecule has 0 aromatic heterocycles. The highest BCUT2D eigenvalue weighted by Gasteiger charge is 2.36. The molecule has 0 aliphatic carbocycles. The molecule has 1 unspecified atom stereocenters. The molecule has 4 aromatic rings. The molecule has 9 nitrogen and oxygen atoms in total. The number of nitro benzene ring substituents is 1. The number of nitrogens with zero attached hydrogens (tertiary/aromatic N) is 1. The van der Waals surface area contributed by atoms with Gasteiger partial charge in [0.05, 0.1) is 4.92 Å². The van der Waals surface area contributed by atoms with Gasteiger partial charge in [-0.2, -0.15) is 5.09 Å². The molecule has 37 heavy (non-hydrogen) atoms. The van der Waals surface area contributed by atoms with Gasteiger partial charge in [0.25, 0.3) is 0 Å². The minimum atomic E-state index is -4.45. The van der Waals surface area contributed by atoms with E-state index in [1.165, 1.54) is 19.1 Å². The number of hydrogen-bond donors (Lipinski definition) is 1. The summed E-state index contributed by atoms with van der Waals surface area (Å²) in [7, 11) is -4.45. The van der Waals surface area contributed by atoms with Crippen molar-refractivity contribution in [2.45, 2.75) is 19.6 Å². The lowest BCUT2D eigenvalue weighted by Crippen LogP contribution is -2.35. The van der Waals surface area contributed by atoms with Gasteiger partial charge in [-0.15, -0.1) is 0 Å². The Kier molecular flexibility index (Phi) is 8.08. The predicted molar refractivity (Wildman–Crippen MR) is 140 cm³/mol. The zero-order chi connectivity index (χ0) is 26.4. The molecule has 2 atom stereocenters. The van der Waals surface area contributed by atoms with E-state index < -0.39 is 30.4 Å². The number of fused-ring (bicyclic) bond motifs is 1. The molecule has 0 radical (unpaired) electrons. The standard InChI is InChI=1S/C26H22ClN2O7P/c1-18(26(30)34-17-19-8-3-2-4-9-19)28-37(33,36-25-15-14-21(27)16-23(25)29(31)32)35-24-13-7-11-20-10-5-6-12-22(20)24/h2-16,18H,17H2,1H3,(H,28,33)/t18-,37?/m0/s1. The van der Waals surface area contributed by atoms with Gasteiger partial charge in [-0.05, 0) is 36.1 Å². The van der Waals surface area contributed by atoms with Gasteiger partial charge in [-0.3, -0.25) is 14.9 Å². The van der Waals surface area contributed by atoms with E-state index in [1.54, 1.807) is 36.4 Å². The Labute approximate surface area is 217 Å². The molecular formula is C26H22ClN2O7P. The largest absolute Gasteiger partial charge is 0.513 e. The molecule has 0 fully saturated rings. The van der Waals surface area contributed by atoms with E-state index in [1.807, 2.05) is 36.4 Å². The van der Waals surface area contributed by atoms with E-state index in [0.29, 0.717) is 5.39 Å². The molecule has 0 saturated heterocycles. The maximum atomic E-state index is 14.0. The van der Waals surface area contributed by atoms with Gasteiger partial charge in [-0.25, -0.2) is 4.57 Å². The van der Waals surface area contributed by atoms with Crippen molar-refractivity contribution in [2.24, 2.45) is 0 Å². The second kappa shape index (κ2) is 11.4. The first kappa shape index (κ1) is 26.2. The number of halogens is 1. The van der Waals surface area contributed by atoms with Crippen LogP contribution in [0.15, 0.2) is 91.0 Å². The first-order chi connectivity index (χ1) is 17.7. The van der Waals surface area contributed by atoms with Gasteiger partial charge < -0.3 is 13.8 Å². The summed E-state index contributed by atoms with van der Waals surface area (Å²) in [6, 6.07) is 23.9. The van der Waals surface area contributed by atoms with Crippen LogP contribution in [0, 0.1) is 10.1 Å². The Morgan fingerprint density at radius 2 is 1.65 bits per heavy atom. The third kappa shape index (κ3) is 6.65. The van der Waals surface area contributed by atoms with E-state index in [-0.39, 0.29) is 23.1 Å². The smallest absolute Gasteiger partial charge is 0.460 e. The normalized spacial score (nSPS) is 13.4. The quantitative estimate of drug-likeness (QED) is 0.102. The fraction of sp³-hybridized carbons (Fsp3) is 0.115. The molecule has 11 heteroatoms. The van der Waals surface area contributed by atoms with Crippen molar-refractivity contribution in [3.05, 3.63) is 112 Å². The third-order valence-electron chi connectivity index (χ3n) is 5.23. The van der Waals surface area contributed by atoms with Crippen molar-refractivity contribution in [2.75, 3.05) is 0 Å². The monoisotopic (exact) mass is 540 g/mol. The number of nitro groups is 1. The Bertz CT molecular complexity index is 1480. The molecule has 0 aliphatic heterocycles. The zero-order valence-corrected chi connectivity index (χ0v) is 21.2. The van der Waals surface area contributed by atoms with Crippen LogP contribution in [0.3, 0.4) is 0 Å². The number of benzene rings is 4. The second-order valence-electron chi connectivity index (χ2n) is 7.97. The van der Waals surface area contributed by atoms with Crippen molar-refractivity contribution in [1.29, 1.82) is 0 Å². The third-order valence-corrected chi connectivity index (χ3v) is 7.05. The molecule has 0 saturated carbocycles. The average molecular weight is 541 g/mol. The van der Waals surface area contributed by atoms with Crippen LogP contribution < -0.4 is 14.1 Å². The maximum Gasteiger partial charge on any atom is 0.513 e. The summed E-state index contributed by atoms with van der Waals surface area (Å²) < 4.78 is 30.8. The molecule has 0 aliphatic rings. The molecule has 0 amide bonds. The first-order valence-electron chi connectivity index (χ1n) is 11.1. The fourth-order valence-corrected chi connectivity index (χ4v) is 5.18. The summed E-state index contributed by atoms with van der Waals surface area (Å²) in [5.74, 6) is -0.884. The minimum absolute atomic E-state index is 0.00366. The lowest BCUT2D eigenvalue weighted by atomic mass is 10.1. The lowest BCUT2D eigenvalue weighted by Gasteiger charge is -2.23. The number of rotatable bonds is 10. The molecule has 0 bridgehead atoms. The van der Waals surface area contributed by atoms with Gasteiger partial charge in [-0.1, -0.05) is 78.3 Å². The number of carbonyl (C=O) groups is 1. The Balaban J connectivity index is 1.63. The van der Waals surface area contributed by atoms with Gasteiger partial charge in [0.2, 0.25) is 5.75 Å². The summed E-state index contributed by atoms with van der Waals surface area (Å²) in [5, 5.41) is 15.7. The van der Waals surface area contributed by atoms with Crippen molar-refractivity contribution in [3.63, 3.8) is 0 Å². The molecule has 0 spiro atoms. The van der Waals surface area contributed by atoms with Crippen molar-refractivity contribution < 1.29 is 28.1 Å². The highest BCUT2D eigenvalue weighted by atomic mass is 35.5. The second-order valence-corrected chi connectivity index (χ2v) is 10.0. The van der Waals surface area contributed by atoms with Crippen LogP contribution in [0.25, 0.3) is 10.8 Å². The van der Waals surface area contributed by atoms with Crippen LogP contribution >= 0.6 is 19.3 Å². The molecule has 1 N–H and O–H groups in total. The van der Waals surface area contributed by atoms with Crippen LogP contribution in [0.4, 0.5) is 5.69 Å². The summed E-state index contributed by atoms with van der Waals surface area (Å²) in [5.41, 5.74) is 0.252. The molecule has 0 heterocycles.